The third-order valence-electron chi connectivity index (χ3n) is 0. The zero-order valence-electron chi connectivity index (χ0n) is 3.84. The zero-order valence-corrected chi connectivity index (χ0v) is 11.8. The van der Waals surface area contributed by atoms with Crippen LogP contribution in [0.25, 0.3) is 0 Å². The first-order valence-corrected chi connectivity index (χ1v) is 5.69. The molecule has 0 heterocycles. The van der Waals surface area contributed by atoms with Crippen molar-refractivity contribution in [3.05, 3.63) is 0 Å². The molecule has 0 spiro atoms. The standard InChI is InChI=1S/2AsO3.U/c2*2-1(3)4;/q2*-3;. The van der Waals surface area contributed by atoms with Crippen LogP contribution in [-0.4, -0.2) is 31.4 Å². The summed E-state index contributed by atoms with van der Waals surface area (Å²) < 4.78 is 51.4. The van der Waals surface area contributed by atoms with Crippen LogP contribution < -0.4 is 24.6 Å². The van der Waals surface area contributed by atoms with E-state index in [9.17, 15) is 0 Å². The molecule has 56 valence electrons. The first-order valence-electron chi connectivity index (χ1n) is 1.10. The van der Waals surface area contributed by atoms with Crippen molar-refractivity contribution in [3.63, 3.8) is 0 Å². The molecule has 0 aliphatic heterocycles. The van der Waals surface area contributed by atoms with Gasteiger partial charge in [0.2, 0.25) is 0 Å². The van der Waals surface area contributed by atoms with E-state index in [4.69, 9.17) is 24.6 Å². The Morgan fingerprint density at radius 1 is 0.556 bits per heavy atom. The molecule has 0 N–H and O–H groups in total. The van der Waals surface area contributed by atoms with Crippen LogP contribution >= 0.6 is 0 Å². The topological polar surface area (TPSA) is 138 Å². The molecule has 6 nitrogen and oxygen atoms in total. The summed E-state index contributed by atoms with van der Waals surface area (Å²) in [6.07, 6.45) is 0. The number of hydrogen-bond donors (Lipinski definition) is 0. The van der Waals surface area contributed by atoms with Gasteiger partial charge in [0, 0.05) is 31.1 Å². The summed E-state index contributed by atoms with van der Waals surface area (Å²) in [5.74, 6) is 0. The minimum absolute atomic E-state index is 0. The van der Waals surface area contributed by atoms with E-state index in [2.05, 4.69) is 0 Å². The average Bonchev–Trinajstić information content (AvgIpc) is 1.25. The van der Waals surface area contributed by atoms with Crippen LogP contribution in [0, 0.1) is 31.1 Å². The summed E-state index contributed by atoms with van der Waals surface area (Å²) in [6.45, 7) is 0. The Morgan fingerprint density at radius 2 is 0.556 bits per heavy atom. The number of hydrogen-bond acceptors (Lipinski definition) is 6. The fourth-order valence-corrected chi connectivity index (χ4v) is 0. The third-order valence-corrected chi connectivity index (χ3v) is 0. The molecule has 0 amide bonds. The minimum atomic E-state index is -3.94. The molecular formula is As2O6U-6. The van der Waals surface area contributed by atoms with Crippen LogP contribution in [0.5, 0.6) is 0 Å². The molecule has 0 atom stereocenters. The monoisotopic (exact) mass is 484 g/mol. The second-order valence-electron chi connectivity index (χ2n) is 0.447. The summed E-state index contributed by atoms with van der Waals surface area (Å²) in [7, 11) is 0. The van der Waals surface area contributed by atoms with Crippen molar-refractivity contribution in [2.75, 3.05) is 0 Å². The second-order valence-corrected chi connectivity index (χ2v) is 2.32. The first kappa shape index (κ1) is 17.1. The van der Waals surface area contributed by atoms with E-state index >= 15 is 0 Å². The van der Waals surface area contributed by atoms with Gasteiger partial charge in [-0.3, -0.25) is 0 Å². The van der Waals surface area contributed by atoms with Gasteiger partial charge in [0.15, 0.2) is 0 Å². The van der Waals surface area contributed by atoms with Gasteiger partial charge >= 0.3 is 55.9 Å². The van der Waals surface area contributed by atoms with Crippen molar-refractivity contribution >= 4 is 31.4 Å². The number of rotatable bonds is 0. The average molecular weight is 484 g/mol. The van der Waals surface area contributed by atoms with E-state index in [1.807, 2.05) is 0 Å². The molecule has 0 bridgehead atoms. The van der Waals surface area contributed by atoms with Crippen LogP contribution in [0.15, 0.2) is 0 Å². The van der Waals surface area contributed by atoms with E-state index in [0.717, 1.165) is 0 Å². The minimum Gasteiger partial charge on any atom is 0 e. The van der Waals surface area contributed by atoms with Crippen molar-refractivity contribution in [1.29, 1.82) is 0 Å². The third kappa shape index (κ3) is 168. The molecule has 9 heavy (non-hydrogen) atoms. The Hall–Kier alpha value is 1.93. The molecule has 0 aromatic heterocycles. The molecule has 0 aliphatic carbocycles. The van der Waals surface area contributed by atoms with Crippen LogP contribution in [-0.2, 0) is 0 Å². The van der Waals surface area contributed by atoms with Crippen molar-refractivity contribution in [3.8, 4) is 0 Å². The van der Waals surface area contributed by atoms with Crippen LogP contribution in [0.4, 0.5) is 0 Å². The van der Waals surface area contributed by atoms with Gasteiger partial charge < -0.3 is 0 Å². The summed E-state index contributed by atoms with van der Waals surface area (Å²) in [5, 5.41) is 0. The normalized spacial score (nSPS) is 8.00. The van der Waals surface area contributed by atoms with Gasteiger partial charge in [-0.15, -0.1) is 0 Å². The molecule has 9 heteroatoms. The van der Waals surface area contributed by atoms with Gasteiger partial charge in [0.05, 0.1) is 0 Å². The fraction of sp³-hybridized carbons (Fsp3) is 0. The maximum atomic E-state index is 8.56. The Kier molecular flexibility index (Phi) is 24.0. The second kappa shape index (κ2) is 12.6. The molecule has 0 saturated heterocycles. The quantitative estimate of drug-likeness (QED) is 0.314. The van der Waals surface area contributed by atoms with Gasteiger partial charge in [-0.2, -0.15) is 0 Å². The van der Waals surface area contributed by atoms with Crippen molar-refractivity contribution in [2.24, 2.45) is 0 Å². The molecule has 0 aliphatic rings. The molecule has 0 saturated carbocycles. The van der Waals surface area contributed by atoms with E-state index in [-0.39, 0.29) is 31.1 Å². The van der Waals surface area contributed by atoms with Gasteiger partial charge in [0.25, 0.3) is 0 Å². The molecule has 0 radical (unpaired) electrons. The van der Waals surface area contributed by atoms with E-state index in [0.29, 0.717) is 0 Å². The maximum absolute atomic E-state index is 8.56. The SMILES string of the molecule is [O-][As]([O-])[O-].[O-][As]([O-])[O-].[U]. The predicted molar refractivity (Wildman–Crippen MR) is 11.5 cm³/mol. The summed E-state index contributed by atoms with van der Waals surface area (Å²) in [4.78, 5) is 0. The summed E-state index contributed by atoms with van der Waals surface area (Å²) in [6, 6.07) is 0. The Bertz CT molecular complexity index is 26.5. The van der Waals surface area contributed by atoms with E-state index in [1.165, 1.54) is 0 Å². The molecular weight excluding hydrogens is 484 g/mol. The van der Waals surface area contributed by atoms with Crippen LogP contribution in [0.2, 0.25) is 0 Å². The van der Waals surface area contributed by atoms with Crippen molar-refractivity contribution in [2.45, 2.75) is 0 Å². The van der Waals surface area contributed by atoms with Gasteiger partial charge in [-0.05, 0) is 0 Å². The first-order chi connectivity index (χ1) is 3.46. The van der Waals surface area contributed by atoms with Crippen molar-refractivity contribution in [1.82, 2.24) is 0 Å². The smallest absolute Gasteiger partial charge is 0 e. The summed E-state index contributed by atoms with van der Waals surface area (Å²) >= 11 is -7.88. The van der Waals surface area contributed by atoms with Gasteiger partial charge in [0.1, 0.15) is 0 Å². The molecule has 0 aromatic carbocycles. The van der Waals surface area contributed by atoms with E-state index < -0.39 is 31.4 Å². The predicted octanol–water partition coefficient (Wildman–Crippen LogP) is -7.90. The maximum Gasteiger partial charge on any atom is 0 e. The Balaban J connectivity index is -0.0000000720. The fourth-order valence-electron chi connectivity index (χ4n) is 0. The van der Waals surface area contributed by atoms with Gasteiger partial charge in [-0.1, -0.05) is 0 Å². The zero-order chi connectivity index (χ0) is 7.15. The largest absolute Gasteiger partial charge is 0 e. The molecule has 0 fully saturated rings. The van der Waals surface area contributed by atoms with Crippen LogP contribution in [0.3, 0.4) is 0 Å². The van der Waals surface area contributed by atoms with Gasteiger partial charge in [-0.25, -0.2) is 0 Å². The molecule has 0 rings (SSSR count). The van der Waals surface area contributed by atoms with Crippen LogP contribution in [0.1, 0.15) is 0 Å². The Labute approximate surface area is 86.2 Å². The van der Waals surface area contributed by atoms with Crippen molar-refractivity contribution < 1.29 is 55.7 Å². The Morgan fingerprint density at radius 3 is 0.556 bits per heavy atom. The molecule has 0 aromatic rings. The molecule has 0 unspecified atom stereocenters. The van der Waals surface area contributed by atoms with E-state index in [1.54, 1.807) is 0 Å². The summed E-state index contributed by atoms with van der Waals surface area (Å²) in [5.41, 5.74) is 0.